The van der Waals surface area contributed by atoms with Crippen molar-refractivity contribution in [2.75, 3.05) is 70.5 Å². The van der Waals surface area contributed by atoms with Gasteiger partial charge in [-0.1, -0.05) is 0 Å². The first-order valence-electron chi connectivity index (χ1n) is 31.2. The summed E-state index contributed by atoms with van der Waals surface area (Å²) in [5, 5.41) is 39.5. The smallest absolute Gasteiger partial charge is 1.00 e. The van der Waals surface area contributed by atoms with Gasteiger partial charge in [-0.15, -0.1) is 0 Å². The number of hydrogen-bond donors (Lipinski definition) is 6. The molecule has 452 valence electrons. The van der Waals surface area contributed by atoms with E-state index in [9.17, 15) is 39.6 Å². The number of carbonyl (C=O) groups is 5. The van der Waals surface area contributed by atoms with Crippen LogP contribution in [0.1, 0.15) is 278 Å². The van der Waals surface area contributed by atoms with Crippen LogP contribution < -0.4 is 28.4 Å². The van der Waals surface area contributed by atoms with Crippen LogP contribution in [0.2, 0.25) is 0 Å². The molecular formula is C59H119Cl2N6O8P. The van der Waals surface area contributed by atoms with Crippen molar-refractivity contribution in [3.05, 3.63) is 0 Å². The van der Waals surface area contributed by atoms with Gasteiger partial charge in [0.05, 0.1) is 0 Å². The maximum absolute atomic E-state index is 12.4. The van der Waals surface area contributed by atoms with Crippen molar-refractivity contribution in [3.8, 4) is 0 Å². The molecule has 7 N–H and O–H groups in total. The number of carbonyl (C=O) groups excluding carboxylic acids is 5. The molecule has 0 saturated carbocycles. The Kier molecular flexibility index (Phi) is 52.8. The molecule has 0 aliphatic carbocycles. The number of nitrogens with one attached hydrogen (secondary N) is 2. The summed E-state index contributed by atoms with van der Waals surface area (Å²) in [5.41, 5.74) is 0. The molecule has 76 heavy (non-hydrogen) atoms. The van der Waals surface area contributed by atoms with Crippen LogP contribution in [0.15, 0.2) is 0 Å². The Hall–Kier alpha value is -1.80. The van der Waals surface area contributed by atoms with Crippen LogP contribution in [-0.4, -0.2) is 131 Å². The van der Waals surface area contributed by atoms with E-state index in [2.05, 4.69) is 36.7 Å². The second-order valence-electron chi connectivity index (χ2n) is 22.3. The van der Waals surface area contributed by atoms with Gasteiger partial charge >= 0.3 is 248 Å². The van der Waals surface area contributed by atoms with E-state index >= 15 is 0 Å². The number of halogens is 2. The van der Waals surface area contributed by atoms with Crippen LogP contribution in [0.3, 0.4) is 0 Å². The third-order valence-corrected chi connectivity index (χ3v) is 22.9. The van der Waals surface area contributed by atoms with Gasteiger partial charge in [-0.25, -0.2) is 15.2 Å². The molecule has 0 unspecified atom stereocenters. The van der Waals surface area contributed by atoms with Gasteiger partial charge in [0.25, 0.3) is 0 Å². The van der Waals surface area contributed by atoms with Gasteiger partial charge in [-0.2, -0.15) is 0 Å². The Morgan fingerprint density at radius 3 is 1.00 bits per heavy atom. The minimum atomic E-state index is -2.24. The third kappa shape index (κ3) is 46.0. The van der Waals surface area contributed by atoms with Crippen molar-refractivity contribution in [1.82, 2.24) is 25.8 Å². The molecule has 0 aromatic heterocycles. The van der Waals surface area contributed by atoms with E-state index in [1.54, 1.807) is 0 Å². The van der Waals surface area contributed by atoms with Gasteiger partial charge in [0.2, 0.25) is 29.5 Å². The molecule has 14 nitrogen and oxygen atoms in total. The summed E-state index contributed by atoms with van der Waals surface area (Å²) in [4.78, 5) is 59.8. The molecule has 17 heteroatoms. The summed E-state index contributed by atoms with van der Waals surface area (Å²) in [7, 11) is 0. The number of rotatable bonds is 56. The van der Waals surface area contributed by atoms with Crippen LogP contribution >= 0.6 is 17.2 Å². The normalized spacial score (nSPS) is 11.9. The van der Waals surface area contributed by atoms with E-state index in [0.29, 0.717) is 55.3 Å². The minimum absolute atomic E-state index is 0. The van der Waals surface area contributed by atoms with Crippen LogP contribution in [0.25, 0.3) is 0 Å². The molecule has 0 spiro atoms. The second kappa shape index (κ2) is 52.6. The number of hydroxylamine groups is 6. The zero-order valence-electron chi connectivity index (χ0n) is 49.4. The molecule has 0 atom stereocenters. The summed E-state index contributed by atoms with van der Waals surface area (Å²) in [6, 6.07) is 0. The van der Waals surface area contributed by atoms with E-state index in [1.165, 1.54) is 199 Å². The van der Waals surface area contributed by atoms with Crippen molar-refractivity contribution < 1.29 is 57.3 Å². The number of amides is 5. The van der Waals surface area contributed by atoms with Crippen molar-refractivity contribution in [2.45, 2.75) is 278 Å². The second-order valence-corrected chi connectivity index (χ2v) is 30.6. The molecule has 0 rings (SSSR count). The quantitative estimate of drug-likeness (QED) is 0.0150. The van der Waals surface area contributed by atoms with E-state index in [4.69, 9.17) is 11.2 Å². The minimum Gasteiger partial charge on any atom is -1.00 e. The summed E-state index contributed by atoms with van der Waals surface area (Å²) in [6.07, 6.45) is 46.8. The summed E-state index contributed by atoms with van der Waals surface area (Å²) in [6.45, 7) is 11.9. The fourth-order valence-corrected chi connectivity index (χ4v) is 17.0. The number of nitrogens with zero attached hydrogens (tertiary/aromatic N) is 3. The van der Waals surface area contributed by atoms with Crippen LogP contribution in [-0.2, 0) is 24.0 Å². The molecule has 0 aliphatic rings. The van der Waals surface area contributed by atoms with Gasteiger partial charge < -0.3 is 23.0 Å². The predicted octanol–water partition coefficient (Wildman–Crippen LogP) is 10.4. The van der Waals surface area contributed by atoms with Crippen molar-refractivity contribution in [3.63, 3.8) is 0 Å². The van der Waals surface area contributed by atoms with E-state index in [-0.39, 0.29) is 69.5 Å². The standard InChI is InChI=1S/C59H118ClN6O8P.ClH/c1-5-8-11-14-22-36-51-75(60,52-37-23-15-12-9-6-2,53-38-24-16-13-10-7-3)54-39-25-20-18-17-19-21-29-44-61-45-30-26-34-49-65(73)58(70)42-40-57(69)63-47-32-28-35-50-66(74)59(71)43-41-56(68)62-46-31-27-33-48-64(72)55(4)67;/h61,72-74H,5-54H2,1-4H3,(H,62,68)(H,63,69);1H. The first-order valence-corrected chi connectivity index (χ1v) is 35.1. The molecular weight excluding hydrogens is 1020 g/mol. The Bertz CT molecular complexity index is 1380. The van der Waals surface area contributed by atoms with Crippen molar-refractivity contribution in [1.29, 1.82) is 0 Å². The molecule has 0 radical (unpaired) electrons. The molecule has 0 aliphatic heterocycles. The molecule has 0 bridgehead atoms. The first-order chi connectivity index (χ1) is 36.2. The van der Waals surface area contributed by atoms with Gasteiger partial charge in [0.15, 0.2) is 0 Å². The summed E-state index contributed by atoms with van der Waals surface area (Å²) in [5.74, 6) is -4.20. The predicted molar refractivity (Wildman–Crippen MR) is 313 cm³/mol. The Morgan fingerprint density at radius 2 is 0.671 bits per heavy atom. The van der Waals surface area contributed by atoms with Crippen molar-refractivity contribution >= 4 is 46.7 Å². The Balaban J connectivity index is 0. The SMILES string of the molecule is CCCCCCCCP(Cl)(CCCCCCCC)(CCCCCCCC)CCCCCCCCCC[NH2+]CCCCCN(O)C(=O)CCC(=O)NCCCCCN(O)C(=O)CCC(=O)NCCCCCN(O)C(C)=O.[Cl-]. The molecule has 0 aromatic carbocycles. The van der Waals surface area contributed by atoms with Crippen LogP contribution in [0.4, 0.5) is 0 Å². The average Bonchev–Trinajstić information content (AvgIpc) is 3.39. The van der Waals surface area contributed by atoms with Gasteiger partial charge in [0.1, 0.15) is 0 Å². The van der Waals surface area contributed by atoms with E-state index in [1.807, 2.05) is 0 Å². The van der Waals surface area contributed by atoms with Crippen molar-refractivity contribution in [2.24, 2.45) is 0 Å². The molecule has 5 amide bonds. The van der Waals surface area contributed by atoms with Crippen LogP contribution in [0, 0.1) is 0 Å². The zero-order valence-corrected chi connectivity index (χ0v) is 51.8. The Labute approximate surface area is 476 Å². The Morgan fingerprint density at radius 1 is 0.395 bits per heavy atom. The number of nitrogens with two attached hydrogens (primary N) is 1. The monoisotopic (exact) mass is 1140 g/mol. The first kappa shape index (κ1) is 76.3. The molecule has 0 saturated heterocycles. The average molecular weight is 1140 g/mol. The van der Waals surface area contributed by atoms with Crippen LogP contribution in [0.5, 0.6) is 0 Å². The third-order valence-electron chi connectivity index (χ3n) is 15.2. The number of quaternary nitrogens is 1. The van der Waals surface area contributed by atoms with E-state index < -0.39 is 23.7 Å². The topological polar surface area (TPSA) is 196 Å². The van der Waals surface area contributed by atoms with Gasteiger partial charge in [-0.3, -0.25) is 39.6 Å². The molecule has 0 fully saturated rings. The maximum atomic E-state index is 12.4. The fourth-order valence-electron chi connectivity index (χ4n) is 10.1. The number of unbranched alkanes of at least 4 members (excludes halogenated alkanes) is 28. The number of hydrogen-bond acceptors (Lipinski definition) is 8. The summed E-state index contributed by atoms with van der Waals surface area (Å²) < 4.78 is 0. The zero-order chi connectivity index (χ0) is 55.5. The summed E-state index contributed by atoms with van der Waals surface area (Å²) >= 11 is 8.25. The fraction of sp³-hybridized carbons (Fsp3) is 0.915. The molecule has 0 heterocycles. The van der Waals surface area contributed by atoms with Gasteiger partial charge in [0, 0.05) is 65.3 Å². The van der Waals surface area contributed by atoms with Gasteiger partial charge in [-0.05, 0) is 57.8 Å². The van der Waals surface area contributed by atoms with E-state index in [0.717, 1.165) is 43.8 Å². The molecule has 0 aromatic rings.